The first-order valence-electron chi connectivity index (χ1n) is 5.49. The molecule has 0 bridgehead atoms. The Hall–Kier alpha value is -0.140. The summed E-state index contributed by atoms with van der Waals surface area (Å²) in [6.07, 6.45) is 0.928. The molecule has 0 radical (unpaired) electrons. The van der Waals surface area contributed by atoms with Crippen LogP contribution in [-0.4, -0.2) is 31.6 Å². The van der Waals surface area contributed by atoms with E-state index in [0.717, 1.165) is 4.31 Å². The number of sulfonamides is 1. The molecule has 0 atom stereocenters. The predicted octanol–water partition coefficient (Wildman–Crippen LogP) is 3.11. The van der Waals surface area contributed by atoms with Gasteiger partial charge in [0.1, 0.15) is 10.7 Å². The zero-order valence-corrected chi connectivity index (χ0v) is 13.6. The maximum absolute atomic E-state index is 12.5. The molecule has 4 nitrogen and oxygen atoms in total. The number of piperidine rings is 1. The second-order valence-corrected chi connectivity index (χ2v) is 7.78. The van der Waals surface area contributed by atoms with Crippen LogP contribution in [0.3, 0.4) is 0 Å². The van der Waals surface area contributed by atoms with Gasteiger partial charge in [-0.2, -0.15) is 4.31 Å². The minimum absolute atomic E-state index is 0.0393. The Morgan fingerprint density at radius 2 is 1.79 bits per heavy atom. The molecule has 1 heterocycles. The first-order chi connectivity index (χ1) is 8.82. The Balaban J connectivity index is 2.48. The van der Waals surface area contributed by atoms with Crippen LogP contribution in [0.15, 0.2) is 21.5 Å². The second-order valence-electron chi connectivity index (χ2n) is 4.18. The lowest BCUT2D eigenvalue weighted by Gasteiger charge is -2.25. The van der Waals surface area contributed by atoms with Gasteiger partial charge in [-0.15, -0.1) is 0 Å². The Bertz CT molecular complexity index is 610. The topological polar surface area (TPSA) is 54.5 Å². The summed E-state index contributed by atoms with van der Waals surface area (Å²) >= 11 is 15.1. The molecular weight excluding hydrogens is 377 g/mol. The molecule has 0 spiro atoms. The van der Waals surface area contributed by atoms with Crippen LogP contribution in [0.4, 0.5) is 0 Å². The molecule has 19 heavy (non-hydrogen) atoms. The number of halogens is 3. The van der Waals surface area contributed by atoms with E-state index in [1.165, 1.54) is 12.1 Å². The highest BCUT2D eigenvalue weighted by Gasteiger charge is 2.32. The summed E-state index contributed by atoms with van der Waals surface area (Å²) in [6, 6.07) is 2.93. The minimum atomic E-state index is -3.85. The monoisotopic (exact) mass is 385 g/mol. The number of carbonyl (C=O) groups excluding carboxylic acids is 1. The van der Waals surface area contributed by atoms with Crippen molar-refractivity contribution in [1.29, 1.82) is 0 Å². The maximum atomic E-state index is 12.5. The van der Waals surface area contributed by atoms with Crippen LogP contribution < -0.4 is 0 Å². The minimum Gasteiger partial charge on any atom is -0.298 e. The van der Waals surface area contributed by atoms with E-state index in [1.54, 1.807) is 0 Å². The van der Waals surface area contributed by atoms with Crippen molar-refractivity contribution in [3.05, 3.63) is 26.7 Å². The standard InChI is InChI=1S/C11H10BrCl2NO3S/c12-7-4-9(13)11(10(14)5-7)19(17,18)15-3-1-2-8(16)6-15/h4-5H,1-3,6H2. The molecule has 1 aliphatic heterocycles. The molecule has 0 unspecified atom stereocenters. The number of benzene rings is 1. The summed E-state index contributed by atoms with van der Waals surface area (Å²) < 4.78 is 26.7. The van der Waals surface area contributed by atoms with E-state index in [0.29, 0.717) is 23.9 Å². The van der Waals surface area contributed by atoms with Crippen molar-refractivity contribution in [2.75, 3.05) is 13.1 Å². The number of carbonyl (C=O) groups is 1. The summed E-state index contributed by atoms with van der Waals surface area (Å²) in [5, 5.41) is 0.0785. The summed E-state index contributed by atoms with van der Waals surface area (Å²) in [5.41, 5.74) is 0. The van der Waals surface area contributed by atoms with Crippen molar-refractivity contribution >= 4 is 54.9 Å². The first-order valence-corrected chi connectivity index (χ1v) is 8.47. The summed E-state index contributed by atoms with van der Waals surface area (Å²) in [7, 11) is -3.85. The third-order valence-electron chi connectivity index (χ3n) is 2.78. The average Bonchev–Trinajstić information content (AvgIpc) is 2.26. The molecule has 2 rings (SSSR count). The van der Waals surface area contributed by atoms with Gasteiger partial charge in [0, 0.05) is 17.4 Å². The molecule has 8 heteroatoms. The lowest BCUT2D eigenvalue weighted by Crippen LogP contribution is -2.40. The van der Waals surface area contributed by atoms with E-state index in [1.807, 2.05) is 0 Å². The van der Waals surface area contributed by atoms with Crippen molar-refractivity contribution in [1.82, 2.24) is 4.31 Å². The highest BCUT2D eigenvalue weighted by molar-refractivity contribution is 9.10. The van der Waals surface area contributed by atoms with Gasteiger partial charge in [-0.25, -0.2) is 8.42 Å². The van der Waals surface area contributed by atoms with Gasteiger partial charge in [0.25, 0.3) is 0 Å². The van der Waals surface area contributed by atoms with E-state index < -0.39 is 10.0 Å². The van der Waals surface area contributed by atoms with Gasteiger partial charge in [-0.3, -0.25) is 4.79 Å². The van der Waals surface area contributed by atoms with Crippen LogP contribution in [0.1, 0.15) is 12.8 Å². The normalized spacial score (nSPS) is 17.7. The molecule has 1 aliphatic rings. The predicted molar refractivity (Wildman–Crippen MR) is 77.2 cm³/mol. The molecule has 1 aromatic carbocycles. The van der Waals surface area contributed by atoms with Gasteiger partial charge in [-0.1, -0.05) is 39.1 Å². The van der Waals surface area contributed by atoms with Gasteiger partial charge < -0.3 is 0 Å². The lowest BCUT2D eigenvalue weighted by atomic mass is 10.1. The molecule has 0 N–H and O–H groups in total. The second kappa shape index (κ2) is 5.69. The maximum Gasteiger partial charge on any atom is 0.246 e. The zero-order chi connectivity index (χ0) is 14.2. The number of hydrogen-bond donors (Lipinski definition) is 0. The summed E-state index contributed by atoms with van der Waals surface area (Å²) in [6.45, 7) is 0.182. The van der Waals surface area contributed by atoms with Gasteiger partial charge in [0.2, 0.25) is 10.0 Å². The lowest BCUT2D eigenvalue weighted by molar-refractivity contribution is -0.120. The van der Waals surface area contributed by atoms with Crippen molar-refractivity contribution in [3.8, 4) is 0 Å². The molecule has 0 aliphatic carbocycles. The number of rotatable bonds is 2. The van der Waals surface area contributed by atoms with Gasteiger partial charge in [0.15, 0.2) is 0 Å². The van der Waals surface area contributed by atoms with Crippen LogP contribution >= 0.6 is 39.1 Å². The fourth-order valence-electron chi connectivity index (χ4n) is 1.92. The zero-order valence-electron chi connectivity index (χ0n) is 9.70. The number of ketones is 1. The third kappa shape index (κ3) is 3.13. The largest absolute Gasteiger partial charge is 0.298 e. The van der Waals surface area contributed by atoms with E-state index in [-0.39, 0.29) is 27.3 Å². The van der Waals surface area contributed by atoms with Crippen molar-refractivity contribution in [2.24, 2.45) is 0 Å². The Morgan fingerprint density at radius 1 is 1.21 bits per heavy atom. The smallest absolute Gasteiger partial charge is 0.246 e. The van der Waals surface area contributed by atoms with Gasteiger partial charge in [0.05, 0.1) is 16.6 Å². The third-order valence-corrected chi connectivity index (χ3v) is 6.00. The molecule has 0 aromatic heterocycles. The van der Waals surface area contributed by atoms with Crippen molar-refractivity contribution < 1.29 is 13.2 Å². The van der Waals surface area contributed by atoms with Crippen molar-refractivity contribution in [3.63, 3.8) is 0 Å². The highest BCUT2D eigenvalue weighted by Crippen LogP contribution is 2.35. The first kappa shape index (κ1) is 15.3. The summed E-state index contributed by atoms with van der Waals surface area (Å²) in [5.74, 6) is -0.0980. The molecule has 0 amide bonds. The van der Waals surface area contributed by atoms with Gasteiger partial charge in [-0.05, 0) is 18.6 Å². The van der Waals surface area contributed by atoms with Crippen LogP contribution in [0.5, 0.6) is 0 Å². The molecular formula is C11H10BrCl2NO3S. The Morgan fingerprint density at radius 3 is 2.32 bits per heavy atom. The number of Topliss-reactive ketones (excluding diaryl/α,β-unsaturated/α-hetero) is 1. The molecule has 1 saturated heterocycles. The Labute approximate surface area is 129 Å². The molecule has 104 valence electrons. The van der Waals surface area contributed by atoms with Crippen LogP contribution in [-0.2, 0) is 14.8 Å². The SMILES string of the molecule is O=C1CCCN(S(=O)(=O)c2c(Cl)cc(Br)cc2Cl)C1. The van der Waals surface area contributed by atoms with E-state index in [9.17, 15) is 13.2 Å². The van der Waals surface area contributed by atoms with Gasteiger partial charge >= 0.3 is 0 Å². The van der Waals surface area contributed by atoms with Crippen LogP contribution in [0.2, 0.25) is 10.0 Å². The van der Waals surface area contributed by atoms with E-state index >= 15 is 0 Å². The fourth-order valence-corrected chi connectivity index (χ4v) is 5.26. The number of nitrogens with zero attached hydrogens (tertiary/aromatic N) is 1. The van der Waals surface area contributed by atoms with E-state index in [2.05, 4.69) is 15.9 Å². The van der Waals surface area contributed by atoms with Crippen molar-refractivity contribution in [2.45, 2.75) is 17.7 Å². The fraction of sp³-hybridized carbons (Fsp3) is 0.364. The summed E-state index contributed by atoms with van der Waals surface area (Å²) in [4.78, 5) is 11.3. The highest BCUT2D eigenvalue weighted by atomic mass is 79.9. The van der Waals surface area contributed by atoms with E-state index in [4.69, 9.17) is 23.2 Å². The quantitative estimate of drug-likeness (QED) is 0.784. The average molecular weight is 387 g/mol. The molecule has 1 fully saturated rings. The number of hydrogen-bond acceptors (Lipinski definition) is 3. The molecule has 0 saturated carbocycles. The van der Waals surface area contributed by atoms with Crippen LogP contribution in [0, 0.1) is 0 Å². The molecule has 1 aromatic rings. The Kier molecular flexibility index (Phi) is 4.57. The van der Waals surface area contributed by atoms with Crippen LogP contribution in [0.25, 0.3) is 0 Å².